The maximum atomic E-state index is 12.6. The van der Waals surface area contributed by atoms with E-state index in [0.717, 1.165) is 43.6 Å². The van der Waals surface area contributed by atoms with E-state index in [0.29, 0.717) is 6.04 Å². The SMILES string of the molecule is CCN(C(=O)c1ccccc1C)C1CCCNC1. The number of piperidine rings is 1. The van der Waals surface area contributed by atoms with Gasteiger partial charge < -0.3 is 10.2 Å². The van der Waals surface area contributed by atoms with Crippen LogP contribution >= 0.6 is 0 Å². The number of hydrogen-bond donors (Lipinski definition) is 1. The van der Waals surface area contributed by atoms with E-state index in [1.54, 1.807) is 0 Å². The first kappa shape index (κ1) is 13.1. The number of hydrogen-bond acceptors (Lipinski definition) is 2. The largest absolute Gasteiger partial charge is 0.335 e. The van der Waals surface area contributed by atoms with Crippen molar-refractivity contribution in [3.8, 4) is 0 Å². The summed E-state index contributed by atoms with van der Waals surface area (Å²) in [5, 5.41) is 3.38. The van der Waals surface area contributed by atoms with Gasteiger partial charge in [-0.25, -0.2) is 0 Å². The molecule has 3 nitrogen and oxygen atoms in total. The number of carbonyl (C=O) groups is 1. The highest BCUT2D eigenvalue weighted by atomic mass is 16.2. The van der Waals surface area contributed by atoms with Crippen molar-refractivity contribution < 1.29 is 4.79 Å². The fraction of sp³-hybridized carbons (Fsp3) is 0.533. The average Bonchev–Trinajstić information content (AvgIpc) is 2.41. The molecule has 0 aromatic heterocycles. The molecule has 1 aliphatic heterocycles. The molecule has 1 atom stereocenters. The highest BCUT2D eigenvalue weighted by molar-refractivity contribution is 5.95. The van der Waals surface area contributed by atoms with Crippen LogP contribution in [0.1, 0.15) is 35.7 Å². The van der Waals surface area contributed by atoms with E-state index in [-0.39, 0.29) is 5.91 Å². The molecule has 1 aromatic carbocycles. The predicted octanol–water partition coefficient (Wildman–Crippen LogP) is 2.21. The zero-order valence-corrected chi connectivity index (χ0v) is 11.3. The Bertz CT molecular complexity index is 411. The Labute approximate surface area is 109 Å². The van der Waals surface area contributed by atoms with E-state index in [1.807, 2.05) is 36.1 Å². The number of carbonyl (C=O) groups excluding carboxylic acids is 1. The smallest absolute Gasteiger partial charge is 0.254 e. The van der Waals surface area contributed by atoms with Crippen molar-refractivity contribution >= 4 is 5.91 Å². The molecule has 1 heterocycles. The summed E-state index contributed by atoms with van der Waals surface area (Å²) in [6, 6.07) is 8.19. The van der Waals surface area contributed by atoms with Gasteiger partial charge in [-0.2, -0.15) is 0 Å². The molecule has 0 radical (unpaired) electrons. The average molecular weight is 246 g/mol. The standard InChI is InChI=1S/C15H22N2O/c1-3-17(13-8-6-10-16-11-13)15(18)14-9-5-4-7-12(14)2/h4-5,7,9,13,16H,3,6,8,10-11H2,1-2H3. The molecule has 0 aliphatic carbocycles. The molecule has 0 saturated carbocycles. The minimum absolute atomic E-state index is 0.171. The first-order valence-electron chi connectivity index (χ1n) is 6.81. The molecule has 98 valence electrons. The van der Waals surface area contributed by atoms with Gasteiger partial charge in [-0.15, -0.1) is 0 Å². The minimum atomic E-state index is 0.171. The zero-order valence-electron chi connectivity index (χ0n) is 11.3. The predicted molar refractivity (Wildman–Crippen MR) is 73.8 cm³/mol. The van der Waals surface area contributed by atoms with Crippen LogP contribution in [0.3, 0.4) is 0 Å². The number of aryl methyl sites for hydroxylation is 1. The zero-order chi connectivity index (χ0) is 13.0. The maximum Gasteiger partial charge on any atom is 0.254 e. The Morgan fingerprint density at radius 1 is 1.44 bits per heavy atom. The molecule has 1 aromatic rings. The van der Waals surface area contributed by atoms with Gasteiger partial charge in [0.2, 0.25) is 0 Å². The van der Waals surface area contributed by atoms with Crippen LogP contribution in [0.15, 0.2) is 24.3 Å². The molecule has 0 bridgehead atoms. The van der Waals surface area contributed by atoms with Crippen LogP contribution in [0.4, 0.5) is 0 Å². The summed E-state index contributed by atoms with van der Waals surface area (Å²) in [4.78, 5) is 14.6. The second-order valence-corrected chi connectivity index (χ2v) is 4.91. The number of likely N-dealkylation sites (N-methyl/N-ethyl adjacent to an activating group) is 1. The van der Waals surface area contributed by atoms with Crippen LogP contribution < -0.4 is 5.32 Å². The quantitative estimate of drug-likeness (QED) is 0.887. The van der Waals surface area contributed by atoms with Crippen molar-refractivity contribution in [3.05, 3.63) is 35.4 Å². The summed E-state index contributed by atoms with van der Waals surface area (Å²) in [6.07, 6.45) is 2.26. The van der Waals surface area contributed by atoms with Crippen molar-refractivity contribution in [1.82, 2.24) is 10.2 Å². The molecule has 3 heteroatoms. The summed E-state index contributed by atoms with van der Waals surface area (Å²) >= 11 is 0. The van der Waals surface area contributed by atoms with Gasteiger partial charge in [-0.05, 0) is 44.9 Å². The lowest BCUT2D eigenvalue weighted by molar-refractivity contribution is 0.0661. The molecule has 1 unspecified atom stereocenters. The van der Waals surface area contributed by atoms with Crippen LogP contribution in [-0.4, -0.2) is 36.5 Å². The van der Waals surface area contributed by atoms with Crippen molar-refractivity contribution in [2.45, 2.75) is 32.7 Å². The van der Waals surface area contributed by atoms with E-state index in [9.17, 15) is 4.79 Å². The highest BCUT2D eigenvalue weighted by Gasteiger charge is 2.25. The van der Waals surface area contributed by atoms with Crippen LogP contribution in [0.5, 0.6) is 0 Å². The van der Waals surface area contributed by atoms with Gasteiger partial charge in [0.25, 0.3) is 5.91 Å². The van der Waals surface area contributed by atoms with Gasteiger partial charge in [0.15, 0.2) is 0 Å². The third-order valence-electron chi connectivity index (χ3n) is 3.69. The second-order valence-electron chi connectivity index (χ2n) is 4.91. The van der Waals surface area contributed by atoms with Crippen LogP contribution in [0.25, 0.3) is 0 Å². The number of amides is 1. The number of benzene rings is 1. The van der Waals surface area contributed by atoms with E-state index in [4.69, 9.17) is 0 Å². The van der Waals surface area contributed by atoms with Crippen molar-refractivity contribution in [3.63, 3.8) is 0 Å². The number of nitrogens with zero attached hydrogens (tertiary/aromatic N) is 1. The van der Waals surface area contributed by atoms with E-state index >= 15 is 0 Å². The van der Waals surface area contributed by atoms with E-state index in [1.165, 1.54) is 0 Å². The Balaban J connectivity index is 2.17. The monoisotopic (exact) mass is 246 g/mol. The second kappa shape index (κ2) is 6.01. The minimum Gasteiger partial charge on any atom is -0.335 e. The number of rotatable bonds is 3. The van der Waals surface area contributed by atoms with Gasteiger partial charge in [-0.1, -0.05) is 18.2 Å². The molecule has 1 saturated heterocycles. The van der Waals surface area contributed by atoms with Gasteiger partial charge in [0, 0.05) is 24.7 Å². The Morgan fingerprint density at radius 3 is 2.83 bits per heavy atom. The lowest BCUT2D eigenvalue weighted by atomic mass is 10.0. The van der Waals surface area contributed by atoms with Crippen molar-refractivity contribution in [2.75, 3.05) is 19.6 Å². The van der Waals surface area contributed by atoms with Gasteiger partial charge in [0.05, 0.1) is 0 Å². The first-order valence-corrected chi connectivity index (χ1v) is 6.81. The maximum absolute atomic E-state index is 12.6. The first-order chi connectivity index (χ1) is 8.74. The van der Waals surface area contributed by atoms with E-state index < -0.39 is 0 Å². The van der Waals surface area contributed by atoms with Gasteiger partial charge >= 0.3 is 0 Å². The molecular formula is C15H22N2O. The van der Waals surface area contributed by atoms with Gasteiger partial charge in [-0.3, -0.25) is 4.79 Å². The normalized spacial score (nSPS) is 19.6. The number of nitrogens with one attached hydrogen (secondary N) is 1. The van der Waals surface area contributed by atoms with E-state index in [2.05, 4.69) is 12.2 Å². The third-order valence-corrected chi connectivity index (χ3v) is 3.69. The Kier molecular flexibility index (Phi) is 4.37. The van der Waals surface area contributed by atoms with Crippen molar-refractivity contribution in [2.24, 2.45) is 0 Å². The lowest BCUT2D eigenvalue weighted by Crippen LogP contribution is -2.48. The summed E-state index contributed by atoms with van der Waals surface area (Å²) in [7, 11) is 0. The Hall–Kier alpha value is -1.35. The van der Waals surface area contributed by atoms with Crippen LogP contribution in [0.2, 0.25) is 0 Å². The molecule has 1 amide bonds. The lowest BCUT2D eigenvalue weighted by Gasteiger charge is -2.34. The molecule has 1 N–H and O–H groups in total. The molecule has 1 aliphatic rings. The molecule has 0 spiro atoms. The summed E-state index contributed by atoms with van der Waals surface area (Å²) in [5.74, 6) is 0.171. The Morgan fingerprint density at radius 2 is 2.22 bits per heavy atom. The van der Waals surface area contributed by atoms with Crippen LogP contribution in [-0.2, 0) is 0 Å². The third kappa shape index (κ3) is 2.72. The molecule has 1 fully saturated rings. The summed E-state index contributed by atoms with van der Waals surface area (Å²) < 4.78 is 0. The summed E-state index contributed by atoms with van der Waals surface area (Å²) in [6.45, 7) is 6.84. The van der Waals surface area contributed by atoms with Crippen LogP contribution in [0, 0.1) is 6.92 Å². The summed E-state index contributed by atoms with van der Waals surface area (Å²) in [5.41, 5.74) is 1.90. The fourth-order valence-corrected chi connectivity index (χ4v) is 2.63. The molecule has 2 rings (SSSR count). The molecule has 18 heavy (non-hydrogen) atoms. The van der Waals surface area contributed by atoms with Gasteiger partial charge in [0.1, 0.15) is 0 Å². The molecular weight excluding hydrogens is 224 g/mol. The fourth-order valence-electron chi connectivity index (χ4n) is 2.63. The highest BCUT2D eigenvalue weighted by Crippen LogP contribution is 2.16. The van der Waals surface area contributed by atoms with Crippen molar-refractivity contribution in [1.29, 1.82) is 0 Å². The topological polar surface area (TPSA) is 32.3 Å².